The SMILES string of the molecule is O=C(Cc1c(F)cccc1F)N1CCCC(CCCl)C1. The van der Waals surface area contributed by atoms with Gasteiger partial charge in [0.05, 0.1) is 6.42 Å². The number of likely N-dealkylation sites (tertiary alicyclic amines) is 1. The summed E-state index contributed by atoms with van der Waals surface area (Å²) in [5, 5.41) is 0. The Morgan fingerprint density at radius 1 is 1.35 bits per heavy atom. The molecule has 0 bridgehead atoms. The van der Waals surface area contributed by atoms with Crippen LogP contribution in [0.3, 0.4) is 0 Å². The van der Waals surface area contributed by atoms with Crippen molar-refractivity contribution in [3.05, 3.63) is 35.4 Å². The molecule has 0 saturated carbocycles. The van der Waals surface area contributed by atoms with Crippen LogP contribution in [0.25, 0.3) is 0 Å². The van der Waals surface area contributed by atoms with Crippen LogP contribution in [-0.4, -0.2) is 29.8 Å². The van der Waals surface area contributed by atoms with Crippen LogP contribution in [0.1, 0.15) is 24.8 Å². The van der Waals surface area contributed by atoms with E-state index in [9.17, 15) is 13.6 Å². The first-order valence-electron chi connectivity index (χ1n) is 6.88. The van der Waals surface area contributed by atoms with Gasteiger partial charge in [-0.05, 0) is 37.3 Å². The minimum absolute atomic E-state index is 0.142. The maximum Gasteiger partial charge on any atom is 0.227 e. The highest BCUT2D eigenvalue weighted by Crippen LogP contribution is 2.21. The van der Waals surface area contributed by atoms with Crippen molar-refractivity contribution in [2.75, 3.05) is 19.0 Å². The number of hydrogen-bond acceptors (Lipinski definition) is 1. The third-order valence-electron chi connectivity index (χ3n) is 3.78. The Kier molecular flexibility index (Phi) is 5.35. The van der Waals surface area contributed by atoms with Crippen molar-refractivity contribution in [1.82, 2.24) is 4.90 Å². The van der Waals surface area contributed by atoms with Crippen molar-refractivity contribution >= 4 is 17.5 Å². The van der Waals surface area contributed by atoms with Crippen LogP contribution in [-0.2, 0) is 11.2 Å². The number of alkyl halides is 1. The number of hydrogen-bond donors (Lipinski definition) is 0. The molecule has 0 aromatic heterocycles. The second kappa shape index (κ2) is 7.02. The van der Waals surface area contributed by atoms with Gasteiger partial charge in [-0.1, -0.05) is 6.07 Å². The van der Waals surface area contributed by atoms with Crippen LogP contribution in [0.4, 0.5) is 8.78 Å². The number of benzene rings is 1. The van der Waals surface area contributed by atoms with Gasteiger partial charge in [-0.15, -0.1) is 11.6 Å². The molecule has 110 valence electrons. The summed E-state index contributed by atoms with van der Waals surface area (Å²) in [6, 6.07) is 3.66. The zero-order chi connectivity index (χ0) is 14.5. The zero-order valence-corrected chi connectivity index (χ0v) is 12.0. The monoisotopic (exact) mass is 301 g/mol. The molecule has 0 aliphatic carbocycles. The molecule has 1 atom stereocenters. The second-order valence-corrected chi connectivity index (χ2v) is 5.58. The number of halogens is 3. The minimum atomic E-state index is -0.660. The number of carbonyl (C=O) groups is 1. The highest BCUT2D eigenvalue weighted by atomic mass is 35.5. The first kappa shape index (κ1) is 15.2. The fourth-order valence-electron chi connectivity index (χ4n) is 2.65. The molecule has 2 rings (SSSR count). The molecule has 2 nitrogen and oxygen atoms in total. The number of rotatable bonds is 4. The Bertz CT molecular complexity index is 459. The van der Waals surface area contributed by atoms with Crippen molar-refractivity contribution in [1.29, 1.82) is 0 Å². The molecular formula is C15H18ClF2NO. The van der Waals surface area contributed by atoms with Gasteiger partial charge in [0, 0.05) is 24.5 Å². The average molecular weight is 302 g/mol. The van der Waals surface area contributed by atoms with E-state index in [1.807, 2.05) is 0 Å². The fourth-order valence-corrected chi connectivity index (χ4v) is 2.95. The molecule has 1 unspecified atom stereocenters. The Morgan fingerprint density at radius 3 is 2.70 bits per heavy atom. The highest BCUT2D eigenvalue weighted by molar-refractivity contribution is 6.17. The van der Waals surface area contributed by atoms with Gasteiger partial charge in [-0.3, -0.25) is 4.79 Å². The van der Waals surface area contributed by atoms with Crippen LogP contribution >= 0.6 is 11.6 Å². The van der Waals surface area contributed by atoms with E-state index in [0.29, 0.717) is 24.9 Å². The van der Waals surface area contributed by atoms with Crippen LogP contribution in [0, 0.1) is 17.6 Å². The average Bonchev–Trinajstić information content (AvgIpc) is 2.43. The summed E-state index contributed by atoms with van der Waals surface area (Å²) < 4.78 is 27.1. The lowest BCUT2D eigenvalue weighted by Gasteiger charge is -2.32. The lowest BCUT2D eigenvalue weighted by Crippen LogP contribution is -2.41. The third kappa shape index (κ3) is 3.69. The largest absolute Gasteiger partial charge is 0.342 e. The van der Waals surface area contributed by atoms with E-state index in [4.69, 9.17) is 11.6 Å². The zero-order valence-electron chi connectivity index (χ0n) is 11.2. The molecule has 1 heterocycles. The van der Waals surface area contributed by atoms with Gasteiger partial charge in [0.25, 0.3) is 0 Å². The quantitative estimate of drug-likeness (QED) is 0.781. The maximum absolute atomic E-state index is 13.5. The topological polar surface area (TPSA) is 20.3 Å². The Hall–Kier alpha value is -1.16. The van der Waals surface area contributed by atoms with Gasteiger partial charge in [0.15, 0.2) is 0 Å². The van der Waals surface area contributed by atoms with E-state index in [0.717, 1.165) is 19.3 Å². The standard InChI is InChI=1S/C15H18ClF2NO/c16-7-6-11-3-2-8-19(10-11)15(20)9-12-13(17)4-1-5-14(12)18/h1,4-5,11H,2-3,6-10H2. The number of carbonyl (C=O) groups excluding carboxylic acids is 1. The van der Waals surface area contributed by atoms with Gasteiger partial charge in [-0.2, -0.15) is 0 Å². The second-order valence-electron chi connectivity index (χ2n) is 5.20. The summed E-state index contributed by atoms with van der Waals surface area (Å²) in [6.07, 6.45) is 2.64. The van der Waals surface area contributed by atoms with Crippen molar-refractivity contribution in [2.45, 2.75) is 25.7 Å². The van der Waals surface area contributed by atoms with E-state index in [1.165, 1.54) is 18.2 Å². The first-order chi connectivity index (χ1) is 9.61. The molecule has 1 aliphatic heterocycles. The number of nitrogens with zero attached hydrogens (tertiary/aromatic N) is 1. The minimum Gasteiger partial charge on any atom is -0.342 e. The van der Waals surface area contributed by atoms with E-state index in [-0.39, 0.29) is 17.9 Å². The predicted octanol–water partition coefficient (Wildman–Crippen LogP) is 3.37. The van der Waals surface area contributed by atoms with Gasteiger partial charge in [-0.25, -0.2) is 8.78 Å². The summed E-state index contributed by atoms with van der Waals surface area (Å²) in [6.45, 7) is 1.30. The molecule has 1 aromatic carbocycles. The summed E-state index contributed by atoms with van der Waals surface area (Å²) in [4.78, 5) is 13.9. The molecule has 1 fully saturated rings. The summed E-state index contributed by atoms with van der Waals surface area (Å²) in [5.41, 5.74) is -0.142. The molecule has 1 aliphatic rings. The van der Waals surface area contributed by atoms with Gasteiger partial charge < -0.3 is 4.90 Å². The van der Waals surface area contributed by atoms with Crippen LogP contribution in [0.15, 0.2) is 18.2 Å². The van der Waals surface area contributed by atoms with Crippen LogP contribution in [0.2, 0.25) is 0 Å². The molecule has 1 amide bonds. The third-order valence-corrected chi connectivity index (χ3v) is 4.00. The lowest BCUT2D eigenvalue weighted by atomic mass is 9.95. The lowest BCUT2D eigenvalue weighted by molar-refractivity contribution is -0.132. The predicted molar refractivity (Wildman–Crippen MR) is 74.7 cm³/mol. The number of piperidine rings is 1. The highest BCUT2D eigenvalue weighted by Gasteiger charge is 2.24. The Balaban J connectivity index is 2.01. The molecular weight excluding hydrogens is 284 g/mol. The molecule has 1 saturated heterocycles. The summed E-state index contributed by atoms with van der Waals surface area (Å²) in [5.74, 6) is -0.557. The van der Waals surface area contributed by atoms with E-state index in [1.54, 1.807) is 4.90 Å². The van der Waals surface area contributed by atoms with Gasteiger partial charge in [0.1, 0.15) is 11.6 Å². The Labute approximate surface area is 122 Å². The fraction of sp³-hybridized carbons (Fsp3) is 0.533. The molecule has 1 aromatic rings. The smallest absolute Gasteiger partial charge is 0.227 e. The van der Waals surface area contributed by atoms with E-state index in [2.05, 4.69) is 0 Å². The first-order valence-corrected chi connectivity index (χ1v) is 7.42. The number of amides is 1. The normalized spacial score (nSPS) is 19.1. The van der Waals surface area contributed by atoms with Crippen molar-refractivity contribution in [2.24, 2.45) is 5.92 Å². The summed E-state index contributed by atoms with van der Waals surface area (Å²) in [7, 11) is 0. The molecule has 20 heavy (non-hydrogen) atoms. The molecule has 0 radical (unpaired) electrons. The Morgan fingerprint density at radius 2 is 2.05 bits per heavy atom. The van der Waals surface area contributed by atoms with Crippen molar-refractivity contribution < 1.29 is 13.6 Å². The molecule has 0 N–H and O–H groups in total. The van der Waals surface area contributed by atoms with E-state index >= 15 is 0 Å². The van der Waals surface area contributed by atoms with Crippen LogP contribution < -0.4 is 0 Å². The van der Waals surface area contributed by atoms with E-state index < -0.39 is 11.6 Å². The van der Waals surface area contributed by atoms with Crippen LogP contribution in [0.5, 0.6) is 0 Å². The maximum atomic E-state index is 13.5. The molecule has 0 spiro atoms. The van der Waals surface area contributed by atoms with Crippen molar-refractivity contribution in [3.63, 3.8) is 0 Å². The molecule has 5 heteroatoms. The summed E-state index contributed by atoms with van der Waals surface area (Å²) >= 11 is 5.73. The van der Waals surface area contributed by atoms with Gasteiger partial charge in [0.2, 0.25) is 5.91 Å². The van der Waals surface area contributed by atoms with Gasteiger partial charge >= 0.3 is 0 Å². The van der Waals surface area contributed by atoms with Crippen molar-refractivity contribution in [3.8, 4) is 0 Å².